The Morgan fingerprint density at radius 2 is 1.48 bits per heavy atom. The van der Waals surface area contributed by atoms with Crippen molar-refractivity contribution in [1.29, 1.82) is 0 Å². The maximum Gasteiger partial charge on any atom is 0.162 e. The Morgan fingerprint density at radius 1 is 0.935 bits per heavy atom. The zero-order valence-electron chi connectivity index (χ0n) is 16.7. The average Bonchev–Trinajstić information content (AvgIpc) is 2.79. The molecule has 0 aliphatic carbocycles. The Labute approximate surface area is 179 Å². The Bertz CT molecular complexity index is 1050. The van der Waals surface area contributed by atoms with E-state index in [1.54, 1.807) is 24.3 Å². The van der Waals surface area contributed by atoms with Crippen molar-refractivity contribution in [3.63, 3.8) is 0 Å². The molecule has 0 unspecified atom stereocenters. The lowest BCUT2D eigenvalue weighted by molar-refractivity contribution is -0.0747. The normalized spacial score (nSPS) is 21.7. The molecule has 0 radical (unpaired) electrons. The molecule has 1 heterocycles. The minimum atomic E-state index is -3.16. The summed E-state index contributed by atoms with van der Waals surface area (Å²) in [6, 6.07) is 19.7. The van der Waals surface area contributed by atoms with E-state index >= 15 is 0 Å². The first-order valence-corrected chi connectivity index (χ1v) is 12.0. The van der Waals surface area contributed by atoms with Crippen molar-refractivity contribution in [3.8, 4) is 5.75 Å². The van der Waals surface area contributed by atoms with E-state index in [4.69, 9.17) is 4.74 Å². The Balaban J connectivity index is 1.68. The highest BCUT2D eigenvalue weighted by Crippen LogP contribution is 2.47. The molecule has 0 amide bonds. The van der Waals surface area contributed by atoms with Gasteiger partial charge in [0, 0.05) is 40.9 Å². The number of phenols is 1. The van der Waals surface area contributed by atoms with Crippen LogP contribution in [0.1, 0.15) is 17.9 Å². The van der Waals surface area contributed by atoms with Crippen LogP contribution < -0.4 is 10.6 Å². The van der Waals surface area contributed by atoms with E-state index < -0.39 is 42.7 Å². The van der Waals surface area contributed by atoms with Gasteiger partial charge in [0.05, 0.1) is 12.2 Å². The molecular weight excluding hydrogens is 421 g/mol. The molecule has 4 rings (SSSR count). The number of halogens is 2. The van der Waals surface area contributed by atoms with Gasteiger partial charge in [-0.3, -0.25) is 0 Å². The number of rotatable bonds is 5. The van der Waals surface area contributed by atoms with E-state index in [-0.39, 0.29) is 18.3 Å². The van der Waals surface area contributed by atoms with Crippen LogP contribution in [-0.4, -0.2) is 35.2 Å². The molecule has 1 aliphatic heterocycles. The number of phenolic OH excluding ortho intramolecular Hbond substituents is 1. The quantitative estimate of drug-likeness (QED) is 0.586. The molecule has 0 spiro atoms. The van der Waals surface area contributed by atoms with Crippen LogP contribution in [0.15, 0.2) is 72.8 Å². The first-order chi connectivity index (χ1) is 14.9. The molecule has 1 aliphatic rings. The maximum atomic E-state index is 14.3. The zero-order chi connectivity index (χ0) is 22.0. The summed E-state index contributed by atoms with van der Waals surface area (Å²) in [5.74, 6) is -3.34. The molecule has 3 aromatic rings. The highest BCUT2D eigenvalue weighted by molar-refractivity contribution is 7.78. The lowest BCUT2D eigenvalue weighted by Crippen LogP contribution is -2.43. The van der Waals surface area contributed by atoms with Gasteiger partial charge in [0.25, 0.3) is 0 Å². The molecule has 0 saturated carbocycles. The molecular formula is C24H23F2O4P. The second-order valence-corrected chi connectivity index (χ2v) is 10.6. The molecule has 0 aromatic heterocycles. The van der Waals surface area contributed by atoms with Crippen LogP contribution in [0.5, 0.6) is 5.75 Å². The van der Waals surface area contributed by atoms with E-state index in [0.29, 0.717) is 23.1 Å². The molecule has 31 heavy (non-hydrogen) atoms. The Hall–Kier alpha value is -2.53. The lowest BCUT2D eigenvalue weighted by Gasteiger charge is -2.37. The minimum Gasteiger partial charge on any atom is -0.508 e. The van der Waals surface area contributed by atoms with Gasteiger partial charge in [-0.15, -0.1) is 0 Å². The smallest absolute Gasteiger partial charge is 0.162 e. The second-order valence-electron chi connectivity index (χ2n) is 7.71. The molecule has 3 atom stereocenters. The first kappa shape index (κ1) is 21.7. The van der Waals surface area contributed by atoms with Crippen LogP contribution >= 0.6 is 7.14 Å². The van der Waals surface area contributed by atoms with E-state index in [0.717, 1.165) is 6.07 Å². The van der Waals surface area contributed by atoms with Gasteiger partial charge in [-0.05, 0) is 12.5 Å². The number of aromatic hydroxyl groups is 1. The highest BCUT2D eigenvalue weighted by atomic mass is 31.2. The van der Waals surface area contributed by atoms with Gasteiger partial charge in [0.2, 0.25) is 0 Å². The van der Waals surface area contributed by atoms with Gasteiger partial charge in [-0.1, -0.05) is 60.7 Å². The van der Waals surface area contributed by atoms with Gasteiger partial charge in [-0.25, -0.2) is 8.78 Å². The summed E-state index contributed by atoms with van der Waals surface area (Å²) >= 11 is 0. The highest BCUT2D eigenvalue weighted by Gasteiger charge is 2.40. The fraction of sp³-hybridized carbons (Fsp3) is 0.250. The van der Waals surface area contributed by atoms with Crippen molar-refractivity contribution in [3.05, 3.63) is 90.0 Å². The number of benzene rings is 3. The largest absolute Gasteiger partial charge is 0.508 e. The van der Waals surface area contributed by atoms with Crippen molar-refractivity contribution < 1.29 is 28.3 Å². The summed E-state index contributed by atoms with van der Waals surface area (Å²) in [5.41, 5.74) is 0.119. The number of hydrogen-bond acceptors (Lipinski definition) is 4. The standard InChI is InChI=1S/C24H23F2O4P/c25-20-13-19(22(27)14-21(20)26)18-11-12-30-23(24(18)28)15-31(29,16-7-3-1-4-8-16)17-9-5-2-6-10-17/h1-10,13-14,18,23-24,27-28H,11-12,15H2/t18-,23+,24-/m0/s1. The zero-order valence-corrected chi connectivity index (χ0v) is 17.6. The van der Waals surface area contributed by atoms with Crippen molar-refractivity contribution in [1.82, 2.24) is 0 Å². The van der Waals surface area contributed by atoms with Crippen LogP contribution in [0.25, 0.3) is 0 Å². The third-order valence-electron chi connectivity index (χ3n) is 5.81. The van der Waals surface area contributed by atoms with Gasteiger partial charge in [0.1, 0.15) is 12.9 Å². The number of aliphatic hydroxyl groups excluding tert-OH is 1. The first-order valence-electron chi connectivity index (χ1n) is 10.1. The van der Waals surface area contributed by atoms with Crippen LogP contribution in [0.3, 0.4) is 0 Å². The van der Waals surface area contributed by atoms with Gasteiger partial charge >= 0.3 is 0 Å². The summed E-state index contributed by atoms with van der Waals surface area (Å²) < 4.78 is 47.3. The summed E-state index contributed by atoms with van der Waals surface area (Å²) in [7, 11) is -3.16. The minimum absolute atomic E-state index is 0.0448. The van der Waals surface area contributed by atoms with E-state index in [2.05, 4.69) is 0 Å². The van der Waals surface area contributed by atoms with Gasteiger partial charge in [-0.2, -0.15) is 0 Å². The van der Waals surface area contributed by atoms with Crippen LogP contribution in [0.2, 0.25) is 0 Å². The van der Waals surface area contributed by atoms with Crippen molar-refractivity contribution in [2.24, 2.45) is 0 Å². The second kappa shape index (κ2) is 8.91. The summed E-state index contributed by atoms with van der Waals surface area (Å²) in [6.45, 7) is 0.231. The SMILES string of the molecule is O=P(C[C@H]1OCC[C@@H](c2cc(F)c(F)cc2O)[C@@H]1O)(c1ccccc1)c1ccccc1. The predicted molar refractivity (Wildman–Crippen MR) is 116 cm³/mol. The fourth-order valence-corrected chi connectivity index (χ4v) is 7.03. The van der Waals surface area contributed by atoms with E-state index in [1.807, 2.05) is 36.4 Å². The topological polar surface area (TPSA) is 66.8 Å². The lowest BCUT2D eigenvalue weighted by atomic mass is 9.85. The van der Waals surface area contributed by atoms with E-state index in [1.165, 1.54) is 0 Å². The molecule has 1 fully saturated rings. The Morgan fingerprint density at radius 3 is 2.06 bits per heavy atom. The average molecular weight is 444 g/mol. The summed E-state index contributed by atoms with van der Waals surface area (Å²) in [4.78, 5) is 0. The van der Waals surface area contributed by atoms with Crippen molar-refractivity contribution >= 4 is 17.8 Å². The van der Waals surface area contributed by atoms with Gasteiger partial charge < -0.3 is 19.5 Å². The number of hydrogen-bond donors (Lipinski definition) is 2. The monoisotopic (exact) mass is 444 g/mol. The van der Waals surface area contributed by atoms with Crippen LogP contribution in [-0.2, 0) is 9.30 Å². The molecule has 0 bridgehead atoms. The molecule has 3 aromatic carbocycles. The van der Waals surface area contributed by atoms with Crippen molar-refractivity contribution in [2.75, 3.05) is 12.8 Å². The third-order valence-corrected chi connectivity index (χ3v) is 8.95. The molecule has 2 N–H and O–H groups in total. The van der Waals surface area contributed by atoms with Crippen LogP contribution in [0, 0.1) is 11.6 Å². The fourth-order valence-electron chi connectivity index (χ4n) is 4.17. The maximum absolute atomic E-state index is 14.3. The van der Waals surface area contributed by atoms with E-state index in [9.17, 15) is 23.6 Å². The molecule has 162 valence electrons. The van der Waals surface area contributed by atoms with Crippen molar-refractivity contribution in [2.45, 2.75) is 24.5 Å². The molecule has 4 nitrogen and oxygen atoms in total. The molecule has 1 saturated heterocycles. The number of ether oxygens (including phenoxy) is 1. The number of aliphatic hydroxyl groups is 1. The van der Waals surface area contributed by atoms with Gasteiger partial charge in [0.15, 0.2) is 11.6 Å². The third kappa shape index (κ3) is 4.29. The summed E-state index contributed by atoms with van der Waals surface area (Å²) in [6.07, 6.45) is -1.59. The Kier molecular flexibility index (Phi) is 6.24. The molecule has 7 heteroatoms. The summed E-state index contributed by atoms with van der Waals surface area (Å²) in [5, 5.41) is 22.5. The predicted octanol–water partition coefficient (Wildman–Crippen LogP) is 3.92. The van der Waals surface area contributed by atoms with Crippen LogP contribution in [0.4, 0.5) is 8.78 Å².